The summed E-state index contributed by atoms with van der Waals surface area (Å²) in [4.78, 5) is 3.75. The minimum Gasteiger partial charge on any atom is -0.264 e. The maximum atomic E-state index is 13.1. The lowest BCUT2D eigenvalue weighted by Gasteiger charge is -2.21. The first-order chi connectivity index (χ1) is 10.9. The molecule has 0 aliphatic carbocycles. The van der Waals surface area contributed by atoms with Crippen LogP contribution in [0.25, 0.3) is 0 Å². The first-order valence-electron chi connectivity index (χ1n) is 6.66. The predicted molar refractivity (Wildman–Crippen MR) is 83.5 cm³/mol. The molecule has 5 nitrogen and oxygen atoms in total. The van der Waals surface area contributed by atoms with Crippen molar-refractivity contribution in [2.75, 3.05) is 6.54 Å². The van der Waals surface area contributed by atoms with Gasteiger partial charge in [-0.2, -0.15) is 9.57 Å². The van der Waals surface area contributed by atoms with Gasteiger partial charge in [0.25, 0.3) is 0 Å². The minimum atomic E-state index is -3.96. The topological polar surface area (TPSA) is 74.1 Å². The molecule has 0 N–H and O–H groups in total. The van der Waals surface area contributed by atoms with E-state index < -0.39 is 15.8 Å². The molecule has 2 rings (SSSR count). The zero-order valence-corrected chi connectivity index (χ0v) is 13.6. The third-order valence-corrected chi connectivity index (χ3v) is 5.39. The normalized spacial score (nSPS) is 11.4. The number of hydrogen-bond acceptors (Lipinski definition) is 4. The third kappa shape index (κ3) is 4.26. The highest BCUT2D eigenvalue weighted by atomic mass is 35.5. The van der Waals surface area contributed by atoms with Gasteiger partial charge >= 0.3 is 0 Å². The molecule has 0 saturated carbocycles. The van der Waals surface area contributed by atoms with Gasteiger partial charge in [0.1, 0.15) is 10.7 Å². The first-order valence-corrected chi connectivity index (χ1v) is 8.48. The zero-order chi connectivity index (χ0) is 16.9. The van der Waals surface area contributed by atoms with Gasteiger partial charge in [0.05, 0.1) is 11.1 Å². The molecule has 23 heavy (non-hydrogen) atoms. The molecule has 0 unspecified atom stereocenters. The number of hydrogen-bond donors (Lipinski definition) is 0. The average Bonchev–Trinajstić information content (AvgIpc) is 2.52. The van der Waals surface area contributed by atoms with Gasteiger partial charge in [-0.3, -0.25) is 4.98 Å². The number of benzene rings is 1. The molecule has 0 atom stereocenters. The summed E-state index contributed by atoms with van der Waals surface area (Å²) in [5.41, 5.74) is 0.673. The lowest BCUT2D eigenvalue weighted by atomic mass is 10.3. The lowest BCUT2D eigenvalue weighted by Crippen LogP contribution is -2.31. The molecule has 0 bridgehead atoms. The van der Waals surface area contributed by atoms with Crippen LogP contribution in [0.1, 0.15) is 12.0 Å². The molecule has 0 spiro atoms. The number of pyridine rings is 1. The van der Waals surface area contributed by atoms with Crippen molar-refractivity contribution in [1.82, 2.24) is 9.29 Å². The van der Waals surface area contributed by atoms with Gasteiger partial charge in [0, 0.05) is 31.9 Å². The number of rotatable bonds is 6. The summed E-state index contributed by atoms with van der Waals surface area (Å²) < 4.78 is 39.8. The second kappa shape index (κ2) is 7.51. The van der Waals surface area contributed by atoms with Gasteiger partial charge in [-0.05, 0) is 29.8 Å². The van der Waals surface area contributed by atoms with Crippen molar-refractivity contribution in [2.45, 2.75) is 17.9 Å². The molecule has 1 aromatic heterocycles. The minimum absolute atomic E-state index is 0.00142. The molecule has 1 heterocycles. The van der Waals surface area contributed by atoms with Gasteiger partial charge in [-0.25, -0.2) is 12.8 Å². The third-order valence-electron chi connectivity index (χ3n) is 3.07. The average molecular weight is 354 g/mol. The molecule has 2 aromatic rings. The summed E-state index contributed by atoms with van der Waals surface area (Å²) in [5, 5.41) is 8.55. The number of nitriles is 1. The predicted octanol–water partition coefficient (Wildman–Crippen LogP) is 2.98. The summed E-state index contributed by atoms with van der Waals surface area (Å²) >= 11 is 5.87. The summed E-state index contributed by atoms with van der Waals surface area (Å²) in [6.45, 7) is 0.0486. The highest BCUT2D eigenvalue weighted by molar-refractivity contribution is 7.89. The van der Waals surface area contributed by atoms with Crippen molar-refractivity contribution in [3.63, 3.8) is 0 Å². The summed E-state index contributed by atoms with van der Waals surface area (Å²) in [7, 11) is -3.96. The Kier molecular flexibility index (Phi) is 5.66. The van der Waals surface area contributed by atoms with E-state index in [1.54, 1.807) is 24.5 Å². The van der Waals surface area contributed by atoms with Gasteiger partial charge in [-0.15, -0.1) is 0 Å². The Morgan fingerprint density at radius 1 is 1.35 bits per heavy atom. The second-order valence-corrected chi connectivity index (χ2v) is 7.00. The van der Waals surface area contributed by atoms with Crippen molar-refractivity contribution in [2.24, 2.45) is 0 Å². The quantitative estimate of drug-likeness (QED) is 0.800. The van der Waals surface area contributed by atoms with Crippen LogP contribution in [0.4, 0.5) is 4.39 Å². The summed E-state index contributed by atoms with van der Waals surface area (Å²) in [6, 6.07) is 8.44. The van der Waals surface area contributed by atoms with Gasteiger partial charge in [-0.1, -0.05) is 17.7 Å². The Balaban J connectivity index is 2.38. The van der Waals surface area contributed by atoms with Crippen LogP contribution in [-0.4, -0.2) is 24.3 Å². The lowest BCUT2D eigenvalue weighted by molar-refractivity contribution is 0.413. The van der Waals surface area contributed by atoms with Gasteiger partial charge in [0.2, 0.25) is 10.0 Å². The smallest absolute Gasteiger partial charge is 0.244 e. The largest absolute Gasteiger partial charge is 0.264 e. The highest BCUT2D eigenvalue weighted by Crippen LogP contribution is 2.26. The second-order valence-electron chi connectivity index (χ2n) is 4.68. The van der Waals surface area contributed by atoms with E-state index in [1.807, 2.05) is 6.07 Å². The maximum absolute atomic E-state index is 13.1. The van der Waals surface area contributed by atoms with Crippen LogP contribution in [-0.2, 0) is 16.6 Å². The van der Waals surface area contributed by atoms with Crippen molar-refractivity contribution in [3.05, 3.63) is 59.1 Å². The standard InChI is InChI=1S/C15H13ClFN3O2S/c16-14-9-13(17)4-5-15(14)23(21,22)20(8-2-6-18)11-12-3-1-7-19-10-12/h1,3-5,7,9-10H,2,8,11H2. The van der Waals surface area contributed by atoms with E-state index in [2.05, 4.69) is 4.98 Å². The van der Waals surface area contributed by atoms with E-state index in [-0.39, 0.29) is 29.4 Å². The SMILES string of the molecule is N#CCCN(Cc1cccnc1)S(=O)(=O)c1ccc(F)cc1Cl. The van der Waals surface area contributed by atoms with Crippen molar-refractivity contribution in [3.8, 4) is 6.07 Å². The molecule has 0 aliphatic rings. The van der Waals surface area contributed by atoms with E-state index in [4.69, 9.17) is 16.9 Å². The fourth-order valence-electron chi connectivity index (χ4n) is 1.98. The number of halogens is 2. The molecule has 1 aromatic carbocycles. The number of nitrogens with zero attached hydrogens (tertiary/aromatic N) is 3. The van der Waals surface area contributed by atoms with Crippen LogP contribution in [0, 0.1) is 17.1 Å². The van der Waals surface area contributed by atoms with Crippen LogP contribution in [0.5, 0.6) is 0 Å². The molecule has 8 heteroatoms. The van der Waals surface area contributed by atoms with Crippen LogP contribution in [0.3, 0.4) is 0 Å². The first kappa shape index (κ1) is 17.3. The van der Waals surface area contributed by atoms with E-state index in [9.17, 15) is 12.8 Å². The monoisotopic (exact) mass is 353 g/mol. The Hall–Kier alpha value is -2.01. The molecule has 0 amide bonds. The Bertz CT molecular complexity index is 822. The fourth-order valence-corrected chi connectivity index (χ4v) is 3.91. The van der Waals surface area contributed by atoms with Crippen molar-refractivity contribution in [1.29, 1.82) is 5.26 Å². The Labute approximate surface area is 139 Å². The Morgan fingerprint density at radius 2 is 2.13 bits per heavy atom. The molecule has 120 valence electrons. The zero-order valence-electron chi connectivity index (χ0n) is 12.0. The Morgan fingerprint density at radius 3 is 2.74 bits per heavy atom. The molecule has 0 radical (unpaired) electrons. The van der Waals surface area contributed by atoms with E-state index in [0.29, 0.717) is 5.56 Å². The van der Waals surface area contributed by atoms with E-state index >= 15 is 0 Å². The van der Waals surface area contributed by atoms with Crippen LogP contribution >= 0.6 is 11.6 Å². The van der Waals surface area contributed by atoms with Crippen molar-refractivity contribution >= 4 is 21.6 Å². The molecular weight excluding hydrogens is 341 g/mol. The van der Waals surface area contributed by atoms with Crippen molar-refractivity contribution < 1.29 is 12.8 Å². The highest BCUT2D eigenvalue weighted by Gasteiger charge is 2.27. The number of sulfonamides is 1. The molecule has 0 saturated heterocycles. The molecule has 0 aliphatic heterocycles. The van der Waals surface area contributed by atoms with Gasteiger partial charge in [0.15, 0.2) is 0 Å². The van der Waals surface area contributed by atoms with Crippen LogP contribution < -0.4 is 0 Å². The van der Waals surface area contributed by atoms with E-state index in [1.165, 1.54) is 0 Å². The maximum Gasteiger partial charge on any atom is 0.244 e. The van der Waals surface area contributed by atoms with Gasteiger partial charge < -0.3 is 0 Å². The molecular formula is C15H13ClFN3O2S. The van der Waals surface area contributed by atoms with Crippen LogP contribution in [0.2, 0.25) is 5.02 Å². The number of aromatic nitrogens is 1. The summed E-state index contributed by atoms with van der Waals surface area (Å²) in [6.07, 6.45) is 3.15. The summed E-state index contributed by atoms with van der Waals surface area (Å²) in [5.74, 6) is -0.621. The molecule has 0 fully saturated rings. The van der Waals surface area contributed by atoms with E-state index in [0.717, 1.165) is 22.5 Å². The fraction of sp³-hybridized carbons (Fsp3) is 0.200. The van der Waals surface area contributed by atoms with Crippen LogP contribution in [0.15, 0.2) is 47.6 Å².